The zero-order valence-electron chi connectivity index (χ0n) is 20.9. The molecule has 11 nitrogen and oxygen atoms in total. The highest BCUT2D eigenvalue weighted by Gasteiger charge is 2.28. The quantitative estimate of drug-likeness (QED) is 0.320. The molecular weight excluding hydrogens is 562 g/mol. The molecular formula is C24H21ClF2N4O7S. The number of methoxy groups -OCH3 is 2. The molecule has 0 aliphatic rings. The Kier molecular flexibility index (Phi) is 7.27. The summed E-state index contributed by atoms with van der Waals surface area (Å²) in [4.78, 5) is 31.2. The summed E-state index contributed by atoms with van der Waals surface area (Å²) in [5.74, 6) is -4.05. The van der Waals surface area contributed by atoms with Gasteiger partial charge in [0, 0.05) is 6.07 Å². The number of hydrogen-bond acceptors (Lipinski definition) is 7. The fraction of sp³-hybridized carbons (Fsp3) is 0.208. The third kappa shape index (κ3) is 5.00. The van der Waals surface area contributed by atoms with Crippen molar-refractivity contribution in [3.05, 3.63) is 74.3 Å². The van der Waals surface area contributed by atoms with Crippen molar-refractivity contribution in [2.75, 3.05) is 24.8 Å². The van der Waals surface area contributed by atoms with Gasteiger partial charge in [0.1, 0.15) is 11.5 Å². The maximum absolute atomic E-state index is 14.8. The molecule has 39 heavy (non-hydrogen) atoms. The first kappa shape index (κ1) is 27.9. The molecule has 15 heteroatoms. The number of fused-ring (bicyclic) bond motifs is 1. The maximum Gasteiger partial charge on any atom is 0.354 e. The van der Waals surface area contributed by atoms with Crippen molar-refractivity contribution in [3.63, 3.8) is 0 Å². The lowest BCUT2D eigenvalue weighted by Gasteiger charge is -2.26. The number of hydrogen-bond donors (Lipinski definition) is 2. The number of imidazole rings is 1. The van der Waals surface area contributed by atoms with E-state index in [4.69, 9.17) is 21.1 Å². The van der Waals surface area contributed by atoms with Crippen LogP contribution in [0.4, 0.5) is 14.5 Å². The summed E-state index contributed by atoms with van der Waals surface area (Å²) in [6.07, 6.45) is 0.840. The molecule has 4 aromatic rings. The summed E-state index contributed by atoms with van der Waals surface area (Å²) in [6, 6.07) is 5.68. The van der Waals surface area contributed by atoms with Gasteiger partial charge in [-0.05, 0) is 36.8 Å². The molecule has 2 N–H and O–H groups in total. The van der Waals surface area contributed by atoms with Gasteiger partial charge in [0.05, 0.1) is 54.5 Å². The number of nitrogens with zero attached hydrogens (tertiary/aromatic N) is 3. The van der Waals surface area contributed by atoms with Crippen molar-refractivity contribution in [2.45, 2.75) is 13.5 Å². The first-order valence-corrected chi connectivity index (χ1v) is 13.2. The molecule has 0 spiro atoms. The second-order valence-corrected chi connectivity index (χ2v) is 10.7. The molecule has 0 radical (unpaired) electrons. The number of rotatable bonds is 8. The Balaban J connectivity index is 2.01. The average Bonchev–Trinajstić information content (AvgIpc) is 3.20. The second kappa shape index (κ2) is 10.2. The van der Waals surface area contributed by atoms with Crippen LogP contribution in [0.5, 0.6) is 11.5 Å². The van der Waals surface area contributed by atoms with Gasteiger partial charge < -0.3 is 19.6 Å². The van der Waals surface area contributed by atoms with E-state index in [1.807, 2.05) is 0 Å². The summed E-state index contributed by atoms with van der Waals surface area (Å²) in [5.41, 5.74) is -1.20. The third-order valence-electron chi connectivity index (χ3n) is 5.90. The van der Waals surface area contributed by atoms with Gasteiger partial charge in [-0.25, -0.2) is 36.3 Å². The molecule has 4 rings (SSSR count). The van der Waals surface area contributed by atoms with Crippen molar-refractivity contribution in [3.8, 4) is 17.2 Å². The number of sulfonamides is 1. The number of ether oxygens (including phenoxy) is 2. The molecule has 0 saturated carbocycles. The van der Waals surface area contributed by atoms with E-state index in [2.05, 4.69) is 9.97 Å². The Morgan fingerprint density at radius 2 is 1.85 bits per heavy atom. The van der Waals surface area contributed by atoms with E-state index >= 15 is 0 Å². The van der Waals surface area contributed by atoms with E-state index in [9.17, 15) is 31.9 Å². The number of pyridine rings is 1. The Hall–Kier alpha value is -4.17. The number of aromatic carboxylic acids is 1. The predicted octanol–water partition coefficient (Wildman–Crippen LogP) is 3.64. The van der Waals surface area contributed by atoms with Crippen molar-refractivity contribution in [1.29, 1.82) is 0 Å². The van der Waals surface area contributed by atoms with Crippen LogP contribution in [0, 0.1) is 18.6 Å². The van der Waals surface area contributed by atoms with Crippen LogP contribution in [0.3, 0.4) is 0 Å². The summed E-state index contributed by atoms with van der Waals surface area (Å²) in [7, 11) is -1.75. The molecule has 2 aromatic heterocycles. The van der Waals surface area contributed by atoms with Crippen molar-refractivity contribution in [1.82, 2.24) is 14.5 Å². The second-order valence-electron chi connectivity index (χ2n) is 8.38. The van der Waals surface area contributed by atoms with Crippen molar-refractivity contribution < 1.29 is 36.6 Å². The zero-order valence-corrected chi connectivity index (χ0v) is 22.4. The summed E-state index contributed by atoms with van der Waals surface area (Å²) in [5, 5.41) is 9.37. The number of nitrogens with one attached hydrogen (secondary N) is 1. The maximum atomic E-state index is 14.8. The molecule has 0 amide bonds. The van der Waals surface area contributed by atoms with Crippen LogP contribution >= 0.6 is 11.6 Å². The molecule has 0 bridgehead atoms. The lowest BCUT2D eigenvalue weighted by Crippen LogP contribution is -2.31. The molecule has 2 heterocycles. The van der Waals surface area contributed by atoms with Crippen LogP contribution in [0.2, 0.25) is 5.02 Å². The minimum absolute atomic E-state index is 0.0757. The van der Waals surface area contributed by atoms with Gasteiger partial charge in [0.15, 0.2) is 23.0 Å². The highest BCUT2D eigenvalue weighted by atomic mass is 35.5. The van der Waals surface area contributed by atoms with E-state index in [0.717, 1.165) is 27.3 Å². The van der Waals surface area contributed by atoms with Crippen LogP contribution in [0.1, 0.15) is 21.6 Å². The van der Waals surface area contributed by atoms with Gasteiger partial charge in [-0.15, -0.1) is 0 Å². The van der Waals surface area contributed by atoms with Gasteiger partial charge in [0.2, 0.25) is 10.0 Å². The normalized spacial score (nSPS) is 11.6. The van der Waals surface area contributed by atoms with Crippen LogP contribution in [0.15, 0.2) is 35.1 Å². The van der Waals surface area contributed by atoms with Gasteiger partial charge in [-0.3, -0.25) is 4.31 Å². The number of halogens is 3. The summed E-state index contributed by atoms with van der Waals surface area (Å²) in [6.45, 7) is 0.858. The molecule has 0 fully saturated rings. The van der Waals surface area contributed by atoms with Gasteiger partial charge in [0.25, 0.3) is 0 Å². The van der Waals surface area contributed by atoms with E-state index in [1.165, 1.54) is 32.4 Å². The minimum atomic E-state index is -4.20. The zero-order chi connectivity index (χ0) is 28.8. The van der Waals surface area contributed by atoms with Gasteiger partial charge in [-0.1, -0.05) is 11.6 Å². The standard InChI is InChI=1S/C24H21ClF2N4O7S/c1-11-7-15(23(32)33)28-22-21(11)29-24(34)31(22)16-9-17(19(38-3)8-13(16)25)30(39(4,35)36)10-12-18(37-2)6-5-14(26)20(12)27/h5-9H,10H2,1-4H3,(H,29,34)(H,32,33). The lowest BCUT2D eigenvalue weighted by atomic mass is 10.1. The number of anilines is 1. The Bertz CT molecular complexity index is 1800. The Morgan fingerprint density at radius 3 is 2.44 bits per heavy atom. The number of carboxylic acid groups (broad SMARTS) is 1. The van der Waals surface area contributed by atoms with Crippen LogP contribution in [-0.4, -0.2) is 54.5 Å². The van der Waals surface area contributed by atoms with Crippen molar-refractivity contribution in [2.24, 2.45) is 0 Å². The predicted molar refractivity (Wildman–Crippen MR) is 139 cm³/mol. The SMILES string of the molecule is COc1cc(Cl)c(-n2c(=O)[nH]c3c(C)cc(C(=O)O)nc32)cc1N(Cc1c(OC)ccc(F)c1F)S(C)(=O)=O. The molecule has 2 aromatic carbocycles. The molecule has 0 aliphatic carbocycles. The Labute approximate surface area is 225 Å². The largest absolute Gasteiger partial charge is 0.496 e. The van der Waals surface area contributed by atoms with Crippen LogP contribution in [-0.2, 0) is 16.6 Å². The fourth-order valence-corrected chi connectivity index (χ4v) is 5.17. The monoisotopic (exact) mass is 582 g/mol. The number of carbonyl (C=O) groups is 1. The third-order valence-corrected chi connectivity index (χ3v) is 7.33. The van der Waals surface area contributed by atoms with Crippen molar-refractivity contribution >= 4 is 44.4 Å². The topological polar surface area (TPSA) is 144 Å². The number of aryl methyl sites for hydroxylation is 1. The molecule has 0 atom stereocenters. The summed E-state index contributed by atoms with van der Waals surface area (Å²) < 4.78 is 66.9. The molecule has 0 aliphatic heterocycles. The van der Waals surface area contributed by atoms with Crippen LogP contribution in [0.25, 0.3) is 16.9 Å². The molecule has 206 valence electrons. The lowest BCUT2D eigenvalue weighted by molar-refractivity contribution is 0.0690. The highest BCUT2D eigenvalue weighted by Crippen LogP contribution is 2.39. The number of benzene rings is 2. The highest BCUT2D eigenvalue weighted by molar-refractivity contribution is 7.92. The fourth-order valence-electron chi connectivity index (χ4n) is 4.06. The van der Waals surface area contributed by atoms with Gasteiger partial charge in [-0.2, -0.15) is 0 Å². The van der Waals surface area contributed by atoms with E-state index < -0.39 is 45.4 Å². The molecule has 0 saturated heterocycles. The number of aromatic amines is 1. The number of H-pyrrole nitrogens is 1. The first-order valence-electron chi connectivity index (χ1n) is 11.0. The average molecular weight is 583 g/mol. The Morgan fingerprint density at radius 1 is 1.18 bits per heavy atom. The minimum Gasteiger partial charge on any atom is -0.496 e. The molecule has 0 unspecified atom stereocenters. The smallest absolute Gasteiger partial charge is 0.354 e. The first-order chi connectivity index (χ1) is 18.3. The van der Waals surface area contributed by atoms with Gasteiger partial charge >= 0.3 is 11.7 Å². The van der Waals surface area contributed by atoms with E-state index in [1.54, 1.807) is 6.92 Å². The van der Waals surface area contributed by atoms with Crippen LogP contribution < -0.4 is 19.5 Å². The van der Waals surface area contributed by atoms with E-state index in [-0.39, 0.29) is 44.8 Å². The summed E-state index contributed by atoms with van der Waals surface area (Å²) >= 11 is 6.46. The van der Waals surface area contributed by atoms with E-state index in [0.29, 0.717) is 5.56 Å². The number of carboxylic acids is 1. The number of aromatic nitrogens is 3.